The van der Waals surface area contributed by atoms with Crippen molar-refractivity contribution >= 4 is 21.4 Å². The first-order chi connectivity index (χ1) is 8.75. The average Bonchev–Trinajstić information content (AvgIpc) is 2.87. The molecule has 3 rings (SSSR count). The van der Waals surface area contributed by atoms with Crippen molar-refractivity contribution in [3.8, 4) is 0 Å². The maximum absolute atomic E-state index is 6.40. The van der Waals surface area contributed by atoms with E-state index in [1.165, 1.54) is 26.8 Å². The average molecular weight is 253 g/mol. The highest BCUT2D eigenvalue weighted by Gasteiger charge is 2.12. The smallest absolute Gasteiger partial charge is 0.0565 e. The number of hydrogen-bond acceptors (Lipinski definition) is 2. The lowest BCUT2D eigenvalue weighted by Gasteiger charge is -2.13. The zero-order chi connectivity index (χ0) is 12.5. The Labute approximate surface area is 111 Å². The Morgan fingerprint density at radius 1 is 1.00 bits per heavy atom. The second-order valence-corrected chi connectivity index (χ2v) is 5.49. The van der Waals surface area contributed by atoms with Gasteiger partial charge in [-0.25, -0.2) is 0 Å². The molecule has 90 valence electrons. The van der Waals surface area contributed by atoms with E-state index in [1.54, 1.807) is 11.3 Å². The number of hydrogen-bond donors (Lipinski definition) is 1. The normalized spacial score (nSPS) is 12.8. The largest absolute Gasteiger partial charge is 0.320 e. The van der Waals surface area contributed by atoms with Gasteiger partial charge in [0.05, 0.1) is 6.04 Å². The Bertz CT molecular complexity index is 667. The minimum atomic E-state index is -0.0482. The number of thiophene rings is 1. The zero-order valence-corrected chi connectivity index (χ0v) is 11.1. The maximum Gasteiger partial charge on any atom is 0.0565 e. The molecule has 1 aromatic heterocycles. The Balaban J connectivity index is 2.08. The van der Waals surface area contributed by atoms with Gasteiger partial charge in [-0.3, -0.25) is 0 Å². The molecule has 0 saturated heterocycles. The van der Waals surface area contributed by atoms with Crippen LogP contribution in [-0.2, 0) is 0 Å². The van der Waals surface area contributed by atoms with Gasteiger partial charge in [-0.05, 0) is 34.9 Å². The highest BCUT2D eigenvalue weighted by Crippen LogP contribution is 2.31. The van der Waals surface area contributed by atoms with Gasteiger partial charge in [-0.15, -0.1) is 11.3 Å². The van der Waals surface area contributed by atoms with Crippen molar-refractivity contribution in [1.29, 1.82) is 0 Å². The van der Waals surface area contributed by atoms with Crippen LogP contribution in [0.5, 0.6) is 0 Å². The van der Waals surface area contributed by atoms with Crippen molar-refractivity contribution in [2.75, 3.05) is 0 Å². The number of rotatable bonds is 2. The Morgan fingerprint density at radius 2 is 1.78 bits per heavy atom. The van der Waals surface area contributed by atoms with Gasteiger partial charge in [0.1, 0.15) is 0 Å². The molecule has 0 aliphatic rings. The Hall–Kier alpha value is -1.64. The lowest BCUT2D eigenvalue weighted by molar-refractivity contribution is 0.882. The first-order valence-electron chi connectivity index (χ1n) is 6.04. The van der Waals surface area contributed by atoms with Gasteiger partial charge in [0.15, 0.2) is 0 Å². The lowest BCUT2D eigenvalue weighted by Crippen LogP contribution is -2.11. The van der Waals surface area contributed by atoms with E-state index < -0.39 is 0 Å². The summed E-state index contributed by atoms with van der Waals surface area (Å²) in [6, 6.07) is 16.9. The third-order valence-electron chi connectivity index (χ3n) is 3.28. The van der Waals surface area contributed by atoms with E-state index in [2.05, 4.69) is 60.8 Å². The van der Waals surface area contributed by atoms with Crippen LogP contribution < -0.4 is 5.73 Å². The van der Waals surface area contributed by atoms with Crippen LogP contribution in [0.1, 0.15) is 22.7 Å². The van der Waals surface area contributed by atoms with Crippen LogP contribution in [0, 0.1) is 6.92 Å². The van der Waals surface area contributed by atoms with E-state index in [0.717, 1.165) is 0 Å². The molecule has 1 heterocycles. The minimum Gasteiger partial charge on any atom is -0.320 e. The van der Waals surface area contributed by atoms with Gasteiger partial charge >= 0.3 is 0 Å². The van der Waals surface area contributed by atoms with Crippen LogP contribution in [0.15, 0.2) is 53.9 Å². The molecular weight excluding hydrogens is 238 g/mol. The Kier molecular flexibility index (Phi) is 2.90. The highest BCUT2D eigenvalue weighted by molar-refractivity contribution is 7.17. The quantitative estimate of drug-likeness (QED) is 0.725. The van der Waals surface area contributed by atoms with E-state index in [9.17, 15) is 0 Å². The fraction of sp³-hybridized carbons (Fsp3) is 0.125. The van der Waals surface area contributed by atoms with E-state index in [4.69, 9.17) is 5.73 Å². The van der Waals surface area contributed by atoms with E-state index in [-0.39, 0.29) is 6.04 Å². The Morgan fingerprint density at radius 3 is 2.56 bits per heavy atom. The molecule has 0 aliphatic heterocycles. The number of aryl methyl sites for hydroxylation is 1. The molecule has 1 nitrogen and oxygen atoms in total. The first kappa shape index (κ1) is 11.5. The number of fused-ring (bicyclic) bond motifs is 1. The standard InChI is InChI=1S/C16H15NS/c1-11-5-7-12(8-6-11)15(17)14-4-2-3-13-9-10-18-16(13)14/h2-10,15H,17H2,1H3. The molecule has 1 atom stereocenters. The second kappa shape index (κ2) is 4.56. The summed E-state index contributed by atoms with van der Waals surface area (Å²) in [5.41, 5.74) is 10.0. The van der Waals surface area contributed by atoms with Gasteiger partial charge < -0.3 is 5.73 Å². The molecule has 3 aromatic rings. The van der Waals surface area contributed by atoms with Crippen LogP contribution in [-0.4, -0.2) is 0 Å². The molecule has 2 aromatic carbocycles. The van der Waals surface area contributed by atoms with Crippen molar-refractivity contribution in [3.63, 3.8) is 0 Å². The predicted molar refractivity (Wildman–Crippen MR) is 79.0 cm³/mol. The molecule has 0 bridgehead atoms. The number of nitrogens with two attached hydrogens (primary N) is 1. The monoisotopic (exact) mass is 253 g/mol. The molecule has 0 fully saturated rings. The molecule has 2 heteroatoms. The van der Waals surface area contributed by atoms with E-state index in [0.29, 0.717) is 0 Å². The summed E-state index contributed by atoms with van der Waals surface area (Å²) >= 11 is 1.76. The van der Waals surface area contributed by atoms with Gasteiger partial charge in [-0.1, -0.05) is 48.0 Å². The summed E-state index contributed by atoms with van der Waals surface area (Å²) in [5, 5.41) is 3.40. The summed E-state index contributed by atoms with van der Waals surface area (Å²) in [7, 11) is 0. The second-order valence-electron chi connectivity index (χ2n) is 4.57. The molecule has 1 unspecified atom stereocenters. The third kappa shape index (κ3) is 1.94. The van der Waals surface area contributed by atoms with Crippen LogP contribution in [0.2, 0.25) is 0 Å². The van der Waals surface area contributed by atoms with Crippen LogP contribution in [0.4, 0.5) is 0 Å². The summed E-state index contributed by atoms with van der Waals surface area (Å²) in [6.45, 7) is 2.09. The molecule has 0 amide bonds. The van der Waals surface area contributed by atoms with Gasteiger partial charge in [0.25, 0.3) is 0 Å². The molecule has 2 N–H and O–H groups in total. The van der Waals surface area contributed by atoms with Crippen molar-refractivity contribution in [3.05, 3.63) is 70.6 Å². The fourth-order valence-corrected chi connectivity index (χ4v) is 3.17. The SMILES string of the molecule is Cc1ccc(C(N)c2cccc3ccsc23)cc1. The van der Waals surface area contributed by atoms with Crippen LogP contribution in [0.25, 0.3) is 10.1 Å². The van der Waals surface area contributed by atoms with E-state index in [1.807, 2.05) is 0 Å². The zero-order valence-electron chi connectivity index (χ0n) is 10.3. The highest BCUT2D eigenvalue weighted by atomic mass is 32.1. The fourth-order valence-electron chi connectivity index (χ4n) is 2.21. The molecule has 0 aliphatic carbocycles. The van der Waals surface area contributed by atoms with Crippen molar-refractivity contribution in [1.82, 2.24) is 0 Å². The molecule has 0 radical (unpaired) electrons. The summed E-state index contributed by atoms with van der Waals surface area (Å²) in [5.74, 6) is 0. The predicted octanol–water partition coefficient (Wildman–Crippen LogP) is 4.26. The third-order valence-corrected chi connectivity index (χ3v) is 4.26. The van der Waals surface area contributed by atoms with Crippen molar-refractivity contribution in [2.24, 2.45) is 5.73 Å². The van der Waals surface area contributed by atoms with Crippen LogP contribution in [0.3, 0.4) is 0 Å². The molecule has 18 heavy (non-hydrogen) atoms. The first-order valence-corrected chi connectivity index (χ1v) is 6.92. The maximum atomic E-state index is 6.40. The summed E-state index contributed by atoms with van der Waals surface area (Å²) in [6.07, 6.45) is 0. The van der Waals surface area contributed by atoms with Crippen molar-refractivity contribution in [2.45, 2.75) is 13.0 Å². The summed E-state index contributed by atoms with van der Waals surface area (Å²) in [4.78, 5) is 0. The van der Waals surface area contributed by atoms with Gasteiger partial charge in [-0.2, -0.15) is 0 Å². The lowest BCUT2D eigenvalue weighted by atomic mass is 9.98. The molecule has 0 saturated carbocycles. The van der Waals surface area contributed by atoms with E-state index >= 15 is 0 Å². The van der Waals surface area contributed by atoms with Crippen LogP contribution >= 0.6 is 11.3 Å². The topological polar surface area (TPSA) is 26.0 Å². The van der Waals surface area contributed by atoms with Crippen molar-refractivity contribution < 1.29 is 0 Å². The molecule has 0 spiro atoms. The number of benzene rings is 2. The molecular formula is C16H15NS. The minimum absolute atomic E-state index is 0.0482. The van der Waals surface area contributed by atoms with Gasteiger partial charge in [0, 0.05) is 4.70 Å². The summed E-state index contributed by atoms with van der Waals surface area (Å²) < 4.78 is 1.30. The van der Waals surface area contributed by atoms with Gasteiger partial charge in [0.2, 0.25) is 0 Å².